The highest BCUT2D eigenvalue weighted by Gasteiger charge is 2.52. The van der Waals surface area contributed by atoms with E-state index in [1.54, 1.807) is 0 Å². The Labute approximate surface area is 473 Å². The third kappa shape index (κ3) is 8.34. The molecular formula is C76H58N3OP. The minimum atomic E-state index is -2.39. The van der Waals surface area contributed by atoms with Crippen LogP contribution in [-0.2, 0) is 9.98 Å². The zero-order valence-electron chi connectivity index (χ0n) is 45.4. The fraction of sp³-hybridized carbons (Fsp3) is 0.118. The Morgan fingerprint density at radius 2 is 0.716 bits per heavy atom. The molecular weight excluding hydrogens is 1000 g/mol. The van der Waals surface area contributed by atoms with Gasteiger partial charge in [0.25, 0.3) is 0 Å². The molecule has 5 heteroatoms. The topological polar surface area (TPSA) is 55.7 Å². The van der Waals surface area contributed by atoms with E-state index in [1.807, 2.05) is 25.5 Å². The molecule has 0 spiro atoms. The molecule has 81 heavy (non-hydrogen) atoms. The van der Waals surface area contributed by atoms with Crippen LogP contribution in [0.15, 0.2) is 255 Å². The first kappa shape index (κ1) is 49.0. The van der Waals surface area contributed by atoms with Crippen molar-refractivity contribution in [2.45, 2.75) is 31.1 Å². The molecule has 3 unspecified atom stereocenters. The van der Waals surface area contributed by atoms with Gasteiger partial charge in [-0.2, -0.15) is 0 Å². The average Bonchev–Trinajstić information content (AvgIpc) is 4.25. The molecule has 0 amide bonds. The van der Waals surface area contributed by atoms with Gasteiger partial charge in [-0.3, -0.25) is 0 Å². The average molecular weight is 1060 g/mol. The standard InChI is InChI=1S/C76H58N3OP/c1-81(2,80)60-44-37-53(38-45-60)71-63-26-11-9-24-61(63)70(62-25-10-12-27-64(62)71)52-33-40-57(41-34-52)76(48-49-32-39-59(76)46-49)58-42-35-54(36-43-58)73-77-74(56-23-17-22-55(47-56)50-18-5-3-6-19-50)79-75(78-73)72-67-30-15-13-28-65(67)69(51-20-7-4-8-21-51)66-29-14-16-31-68(66)72/h3-31,33-38,40-45,47,49,59H,32,39,46,48H2,1-2H3. The van der Waals surface area contributed by atoms with Crippen molar-refractivity contribution in [2.75, 3.05) is 13.3 Å². The lowest BCUT2D eigenvalue weighted by Crippen LogP contribution is -2.34. The van der Waals surface area contributed by atoms with Crippen molar-refractivity contribution in [1.29, 1.82) is 0 Å². The van der Waals surface area contributed by atoms with Crippen LogP contribution in [0.5, 0.6) is 0 Å². The molecule has 0 radical (unpaired) electrons. The summed E-state index contributed by atoms with van der Waals surface area (Å²) >= 11 is 0. The molecule has 0 aliphatic heterocycles. The number of hydrogen-bond donors (Lipinski definition) is 0. The molecule has 1 heterocycles. The summed E-state index contributed by atoms with van der Waals surface area (Å²) in [6.45, 7) is 3.68. The fourth-order valence-electron chi connectivity index (χ4n) is 14.3. The van der Waals surface area contributed by atoms with Crippen LogP contribution in [0.1, 0.15) is 36.8 Å². The molecule has 3 atom stereocenters. The predicted octanol–water partition coefficient (Wildman–Crippen LogP) is 19.5. The summed E-state index contributed by atoms with van der Waals surface area (Å²) < 4.78 is 13.0. The van der Waals surface area contributed by atoms with E-state index in [1.165, 1.54) is 79.8 Å². The second-order valence-electron chi connectivity index (χ2n) is 22.9. The van der Waals surface area contributed by atoms with Crippen LogP contribution in [0.25, 0.3) is 122 Å². The van der Waals surface area contributed by atoms with Gasteiger partial charge in [-0.1, -0.05) is 255 Å². The maximum Gasteiger partial charge on any atom is 0.165 e. The third-order valence-electron chi connectivity index (χ3n) is 18.0. The molecule has 4 nitrogen and oxygen atoms in total. The molecule has 13 aromatic rings. The van der Waals surface area contributed by atoms with Gasteiger partial charge in [0.2, 0.25) is 0 Å². The monoisotopic (exact) mass is 1060 g/mol. The highest BCUT2D eigenvalue weighted by molar-refractivity contribution is 7.70. The third-order valence-corrected chi connectivity index (χ3v) is 19.5. The quantitative estimate of drug-likeness (QED) is 0.101. The van der Waals surface area contributed by atoms with Gasteiger partial charge in [-0.05, 0) is 149 Å². The first-order valence-electron chi connectivity index (χ1n) is 28.5. The zero-order valence-corrected chi connectivity index (χ0v) is 46.3. The SMILES string of the molecule is CP(C)(=O)c1ccc(-c2c3ccccc3c(-c3ccc(C4(c5ccc(-c6nc(-c7cccc(-c8ccccc8)c7)nc(-c7c8ccccc8c(-c8ccccc8)c8ccccc78)n6)cc5)CC5CCC4C5)cc3)c3ccccc23)cc1. The number of benzene rings is 12. The van der Waals surface area contributed by atoms with Crippen LogP contribution in [0.2, 0.25) is 0 Å². The van der Waals surface area contributed by atoms with E-state index in [4.69, 9.17) is 15.0 Å². The van der Waals surface area contributed by atoms with Crippen LogP contribution < -0.4 is 5.30 Å². The molecule has 2 fully saturated rings. The second-order valence-corrected chi connectivity index (χ2v) is 26.1. The second kappa shape index (κ2) is 19.6. The van der Waals surface area contributed by atoms with Crippen molar-refractivity contribution in [3.8, 4) is 78.7 Å². The Hall–Kier alpha value is -9.08. The maximum absolute atomic E-state index is 13.0. The summed E-state index contributed by atoms with van der Waals surface area (Å²) in [4.78, 5) is 16.3. The molecule has 388 valence electrons. The number of fused-ring (bicyclic) bond motifs is 6. The highest BCUT2D eigenvalue weighted by atomic mass is 31.2. The lowest BCUT2D eigenvalue weighted by Gasteiger charge is -2.39. The first-order chi connectivity index (χ1) is 39.8. The number of rotatable bonds is 10. The lowest BCUT2D eigenvalue weighted by atomic mass is 9.64. The van der Waals surface area contributed by atoms with Crippen LogP contribution in [0.4, 0.5) is 0 Å². The minimum Gasteiger partial charge on any atom is -0.319 e. The van der Waals surface area contributed by atoms with Crippen molar-refractivity contribution in [3.05, 3.63) is 266 Å². The van der Waals surface area contributed by atoms with Gasteiger partial charge in [-0.15, -0.1) is 0 Å². The highest BCUT2D eigenvalue weighted by Crippen LogP contribution is 2.60. The summed E-state index contributed by atoms with van der Waals surface area (Å²) in [5, 5.41) is 10.3. The van der Waals surface area contributed by atoms with Crippen LogP contribution in [-0.4, -0.2) is 28.3 Å². The first-order valence-corrected chi connectivity index (χ1v) is 31.1. The molecule has 12 aromatic carbocycles. The van der Waals surface area contributed by atoms with Gasteiger partial charge >= 0.3 is 0 Å². The van der Waals surface area contributed by atoms with Gasteiger partial charge in [-0.25, -0.2) is 15.0 Å². The molecule has 0 saturated heterocycles. The van der Waals surface area contributed by atoms with E-state index in [-0.39, 0.29) is 5.41 Å². The van der Waals surface area contributed by atoms with Crippen LogP contribution >= 0.6 is 7.14 Å². The lowest BCUT2D eigenvalue weighted by molar-refractivity contribution is 0.320. The van der Waals surface area contributed by atoms with Crippen molar-refractivity contribution in [2.24, 2.45) is 11.8 Å². The molecule has 2 bridgehead atoms. The fourth-order valence-corrected chi connectivity index (χ4v) is 15.2. The number of nitrogens with zero attached hydrogens (tertiary/aromatic N) is 3. The van der Waals surface area contributed by atoms with Crippen molar-refractivity contribution >= 4 is 55.5 Å². The molecule has 0 N–H and O–H groups in total. The van der Waals surface area contributed by atoms with Crippen LogP contribution in [0, 0.1) is 11.8 Å². The Bertz CT molecular complexity index is 4510. The molecule has 2 aliphatic carbocycles. The largest absolute Gasteiger partial charge is 0.319 e. The number of aromatic nitrogens is 3. The Kier molecular flexibility index (Phi) is 11.9. The maximum atomic E-state index is 13.0. The minimum absolute atomic E-state index is 0.118. The van der Waals surface area contributed by atoms with E-state index in [9.17, 15) is 4.57 Å². The van der Waals surface area contributed by atoms with Gasteiger partial charge in [0.05, 0.1) is 0 Å². The van der Waals surface area contributed by atoms with Gasteiger partial charge < -0.3 is 4.57 Å². The molecule has 1 aromatic heterocycles. The summed E-state index contributed by atoms with van der Waals surface area (Å²) in [5.41, 5.74) is 15.0. The Morgan fingerprint density at radius 1 is 0.346 bits per heavy atom. The zero-order chi connectivity index (χ0) is 54.2. The smallest absolute Gasteiger partial charge is 0.165 e. The summed E-state index contributed by atoms with van der Waals surface area (Å²) in [7, 11) is -2.39. The Balaban J connectivity index is 0.854. The molecule has 15 rings (SSSR count). The molecule has 2 aliphatic rings. The summed E-state index contributed by atoms with van der Waals surface area (Å²) in [5.74, 6) is 3.18. The van der Waals surface area contributed by atoms with E-state index in [0.29, 0.717) is 29.3 Å². The van der Waals surface area contributed by atoms with Crippen LogP contribution in [0.3, 0.4) is 0 Å². The van der Waals surface area contributed by atoms with Crippen molar-refractivity contribution in [1.82, 2.24) is 15.0 Å². The van der Waals surface area contributed by atoms with Gasteiger partial charge in [0.15, 0.2) is 17.5 Å². The van der Waals surface area contributed by atoms with E-state index in [2.05, 4.69) is 243 Å². The van der Waals surface area contributed by atoms with Crippen molar-refractivity contribution in [3.63, 3.8) is 0 Å². The summed E-state index contributed by atoms with van der Waals surface area (Å²) in [6.07, 6.45) is 4.91. The van der Waals surface area contributed by atoms with Gasteiger partial charge in [0.1, 0.15) is 7.14 Å². The summed E-state index contributed by atoms with van der Waals surface area (Å²) in [6, 6.07) is 92.4. The normalized spacial score (nSPS) is 16.9. The van der Waals surface area contributed by atoms with E-state index < -0.39 is 7.14 Å². The Morgan fingerprint density at radius 3 is 1.16 bits per heavy atom. The molecule has 2 saturated carbocycles. The van der Waals surface area contributed by atoms with E-state index >= 15 is 0 Å². The van der Waals surface area contributed by atoms with Gasteiger partial charge in [0, 0.05) is 27.4 Å². The number of hydrogen-bond acceptors (Lipinski definition) is 4. The van der Waals surface area contributed by atoms with E-state index in [0.717, 1.165) is 66.7 Å². The van der Waals surface area contributed by atoms with Crippen molar-refractivity contribution < 1.29 is 4.57 Å². The predicted molar refractivity (Wildman–Crippen MR) is 340 cm³/mol.